The minimum absolute atomic E-state index is 0.161. The molecule has 4 nitrogen and oxygen atoms in total. The predicted molar refractivity (Wildman–Crippen MR) is 61.0 cm³/mol. The molecule has 0 aliphatic carbocycles. The van der Waals surface area contributed by atoms with E-state index in [1.54, 1.807) is 24.5 Å². The van der Waals surface area contributed by atoms with Crippen LogP contribution in [0.3, 0.4) is 0 Å². The Hall–Kier alpha value is -2.36. The summed E-state index contributed by atoms with van der Waals surface area (Å²) in [6, 6.07) is 9.06. The van der Waals surface area contributed by atoms with Crippen LogP contribution < -0.4 is 0 Å². The summed E-state index contributed by atoms with van der Waals surface area (Å²) in [4.78, 5) is 11.4. The smallest absolute Gasteiger partial charge is 0.143 e. The Bertz CT molecular complexity index is 612. The van der Waals surface area contributed by atoms with Crippen molar-refractivity contribution in [2.45, 2.75) is 0 Å². The number of rotatable bonds is 1. The van der Waals surface area contributed by atoms with Crippen molar-refractivity contribution < 1.29 is 5.11 Å². The number of aromatic nitrogens is 3. The molecule has 78 valence electrons. The van der Waals surface area contributed by atoms with E-state index >= 15 is 0 Å². The van der Waals surface area contributed by atoms with Crippen LogP contribution in [-0.4, -0.2) is 20.1 Å². The van der Waals surface area contributed by atoms with E-state index in [1.807, 2.05) is 18.2 Å². The molecule has 0 saturated carbocycles. The van der Waals surface area contributed by atoms with Gasteiger partial charge in [0.25, 0.3) is 0 Å². The van der Waals surface area contributed by atoms with Crippen LogP contribution in [-0.2, 0) is 0 Å². The first-order valence-corrected chi connectivity index (χ1v) is 4.93. The number of hydrogen-bond donors (Lipinski definition) is 2. The maximum absolute atomic E-state index is 9.69. The van der Waals surface area contributed by atoms with E-state index in [9.17, 15) is 5.11 Å². The van der Waals surface area contributed by atoms with Gasteiger partial charge in [0.1, 0.15) is 17.1 Å². The van der Waals surface area contributed by atoms with Crippen molar-refractivity contribution in [2.24, 2.45) is 0 Å². The normalized spacial score (nSPS) is 10.8. The lowest BCUT2D eigenvalue weighted by molar-refractivity contribution is 0.475. The second-order valence-electron chi connectivity index (χ2n) is 3.50. The Kier molecular flexibility index (Phi) is 1.86. The highest BCUT2D eigenvalue weighted by Crippen LogP contribution is 2.27. The highest BCUT2D eigenvalue weighted by Gasteiger charge is 2.08. The van der Waals surface area contributed by atoms with Crippen molar-refractivity contribution in [3.8, 4) is 17.1 Å². The second-order valence-corrected chi connectivity index (χ2v) is 3.50. The molecule has 0 radical (unpaired) electrons. The molecular weight excluding hydrogens is 202 g/mol. The maximum atomic E-state index is 9.69. The molecule has 3 aromatic heterocycles. The fraction of sp³-hybridized carbons (Fsp3) is 0. The summed E-state index contributed by atoms with van der Waals surface area (Å²) < 4.78 is 0. The summed E-state index contributed by atoms with van der Waals surface area (Å²) in [5, 5.41) is 10.7. The largest absolute Gasteiger partial charge is 0.506 e. The SMILES string of the molecule is Oc1cccnc1-c1cc2cccnc2[nH]1. The van der Waals surface area contributed by atoms with Crippen molar-refractivity contribution in [1.82, 2.24) is 15.0 Å². The van der Waals surface area contributed by atoms with Gasteiger partial charge in [0.05, 0.1) is 5.69 Å². The third kappa shape index (κ3) is 1.32. The van der Waals surface area contributed by atoms with E-state index in [-0.39, 0.29) is 5.75 Å². The molecular formula is C12H9N3O. The van der Waals surface area contributed by atoms with Gasteiger partial charge in [0.2, 0.25) is 0 Å². The summed E-state index contributed by atoms with van der Waals surface area (Å²) in [5.74, 6) is 0.161. The van der Waals surface area contributed by atoms with E-state index in [0.29, 0.717) is 5.69 Å². The molecule has 0 amide bonds. The molecule has 0 saturated heterocycles. The first kappa shape index (κ1) is 8.91. The van der Waals surface area contributed by atoms with E-state index in [0.717, 1.165) is 16.7 Å². The molecule has 0 atom stereocenters. The monoisotopic (exact) mass is 211 g/mol. The number of nitrogens with one attached hydrogen (secondary N) is 1. The average Bonchev–Trinajstić information content (AvgIpc) is 2.73. The van der Waals surface area contributed by atoms with E-state index in [4.69, 9.17) is 0 Å². The minimum atomic E-state index is 0.161. The number of H-pyrrole nitrogens is 1. The number of hydrogen-bond acceptors (Lipinski definition) is 3. The van der Waals surface area contributed by atoms with Gasteiger partial charge in [-0.05, 0) is 30.3 Å². The summed E-state index contributed by atoms with van der Waals surface area (Å²) in [6.45, 7) is 0. The quantitative estimate of drug-likeness (QED) is 0.649. The molecule has 0 spiro atoms. The van der Waals surface area contributed by atoms with Gasteiger partial charge in [-0.15, -0.1) is 0 Å². The Labute approximate surface area is 91.6 Å². The van der Waals surface area contributed by atoms with Crippen LogP contribution >= 0.6 is 0 Å². The lowest BCUT2D eigenvalue weighted by atomic mass is 10.2. The van der Waals surface area contributed by atoms with Crippen LogP contribution in [0.5, 0.6) is 5.75 Å². The van der Waals surface area contributed by atoms with Crippen molar-refractivity contribution in [2.75, 3.05) is 0 Å². The molecule has 3 aromatic rings. The highest BCUT2D eigenvalue weighted by atomic mass is 16.3. The van der Waals surface area contributed by atoms with Gasteiger partial charge in [-0.2, -0.15) is 0 Å². The van der Waals surface area contributed by atoms with Gasteiger partial charge in [-0.1, -0.05) is 0 Å². The summed E-state index contributed by atoms with van der Waals surface area (Å²) in [6.07, 6.45) is 3.37. The number of pyridine rings is 2. The lowest BCUT2D eigenvalue weighted by Gasteiger charge is -1.98. The number of nitrogens with zero attached hydrogens (tertiary/aromatic N) is 2. The van der Waals surface area contributed by atoms with Crippen molar-refractivity contribution in [3.63, 3.8) is 0 Å². The first-order chi connectivity index (χ1) is 7.84. The topological polar surface area (TPSA) is 61.8 Å². The Balaban J connectivity index is 2.23. The van der Waals surface area contributed by atoms with Crippen molar-refractivity contribution in [1.29, 1.82) is 0 Å². The molecule has 2 N–H and O–H groups in total. The number of fused-ring (bicyclic) bond motifs is 1. The van der Waals surface area contributed by atoms with E-state index in [1.165, 1.54) is 0 Å². The van der Waals surface area contributed by atoms with Crippen LogP contribution in [0.15, 0.2) is 42.7 Å². The van der Waals surface area contributed by atoms with Crippen LogP contribution in [0.2, 0.25) is 0 Å². The van der Waals surface area contributed by atoms with Gasteiger partial charge in [0, 0.05) is 17.8 Å². The number of aromatic amines is 1. The van der Waals surface area contributed by atoms with Gasteiger partial charge < -0.3 is 10.1 Å². The fourth-order valence-electron chi connectivity index (χ4n) is 1.69. The van der Waals surface area contributed by atoms with Crippen LogP contribution in [0, 0.1) is 0 Å². The molecule has 4 heteroatoms. The molecule has 0 aromatic carbocycles. The Morgan fingerprint density at radius 1 is 1.06 bits per heavy atom. The first-order valence-electron chi connectivity index (χ1n) is 4.93. The Morgan fingerprint density at radius 3 is 2.69 bits per heavy atom. The van der Waals surface area contributed by atoms with Crippen LogP contribution in [0.4, 0.5) is 0 Å². The minimum Gasteiger partial charge on any atom is -0.506 e. The third-order valence-electron chi connectivity index (χ3n) is 2.43. The molecule has 0 fully saturated rings. The van der Waals surface area contributed by atoms with Gasteiger partial charge in [0.15, 0.2) is 0 Å². The molecule has 0 unspecified atom stereocenters. The second kappa shape index (κ2) is 3.34. The van der Waals surface area contributed by atoms with Gasteiger partial charge in [-0.25, -0.2) is 4.98 Å². The zero-order valence-electron chi connectivity index (χ0n) is 8.38. The fourth-order valence-corrected chi connectivity index (χ4v) is 1.69. The molecule has 3 heterocycles. The summed E-state index contributed by atoms with van der Waals surface area (Å²) in [5.41, 5.74) is 2.11. The van der Waals surface area contributed by atoms with Crippen LogP contribution in [0.25, 0.3) is 22.4 Å². The average molecular weight is 211 g/mol. The summed E-state index contributed by atoms with van der Waals surface area (Å²) >= 11 is 0. The third-order valence-corrected chi connectivity index (χ3v) is 2.43. The van der Waals surface area contributed by atoms with Crippen molar-refractivity contribution in [3.05, 3.63) is 42.7 Å². The van der Waals surface area contributed by atoms with E-state index < -0.39 is 0 Å². The molecule has 16 heavy (non-hydrogen) atoms. The Morgan fingerprint density at radius 2 is 1.88 bits per heavy atom. The lowest BCUT2D eigenvalue weighted by Crippen LogP contribution is -1.83. The van der Waals surface area contributed by atoms with E-state index in [2.05, 4.69) is 15.0 Å². The highest BCUT2D eigenvalue weighted by molar-refractivity contribution is 5.83. The maximum Gasteiger partial charge on any atom is 0.143 e. The standard InChI is InChI=1S/C12H9N3O/c16-10-4-2-5-13-11(10)9-7-8-3-1-6-14-12(8)15-9/h1-7,16H,(H,14,15). The number of aromatic hydroxyl groups is 1. The van der Waals surface area contributed by atoms with Crippen molar-refractivity contribution >= 4 is 11.0 Å². The van der Waals surface area contributed by atoms with Gasteiger partial charge >= 0.3 is 0 Å². The predicted octanol–water partition coefficient (Wildman–Crippen LogP) is 2.33. The molecule has 3 rings (SSSR count). The van der Waals surface area contributed by atoms with Crippen LogP contribution in [0.1, 0.15) is 0 Å². The van der Waals surface area contributed by atoms with Gasteiger partial charge in [-0.3, -0.25) is 4.98 Å². The molecule has 0 bridgehead atoms. The molecule has 0 aliphatic heterocycles. The zero-order valence-corrected chi connectivity index (χ0v) is 8.38. The molecule has 0 aliphatic rings. The summed E-state index contributed by atoms with van der Waals surface area (Å²) in [7, 11) is 0. The zero-order chi connectivity index (χ0) is 11.0.